The quantitative estimate of drug-likeness (QED) is 0.194. The van der Waals surface area contributed by atoms with Crippen LogP contribution in [0.4, 0.5) is 5.82 Å². The van der Waals surface area contributed by atoms with Crippen molar-refractivity contribution in [2.75, 3.05) is 5.73 Å². The van der Waals surface area contributed by atoms with E-state index in [1.54, 1.807) is 0 Å². The summed E-state index contributed by atoms with van der Waals surface area (Å²) in [6.45, 7) is 3.87. The van der Waals surface area contributed by atoms with Crippen LogP contribution >= 0.6 is 11.8 Å². The molecule has 2 heterocycles. The highest BCUT2D eigenvalue weighted by Gasteiger charge is 2.24. The van der Waals surface area contributed by atoms with E-state index in [2.05, 4.69) is 31.2 Å². The number of thioether (sulfide) groups is 1. The highest BCUT2D eigenvalue weighted by atomic mass is 32.2. The first-order valence-electron chi connectivity index (χ1n) is 11.1. The smallest absolute Gasteiger partial charge is 0.293 e. The molecule has 2 aromatic heterocycles. The predicted octanol–water partition coefficient (Wildman–Crippen LogP) is 4.14. The van der Waals surface area contributed by atoms with Gasteiger partial charge in [0.25, 0.3) is 5.91 Å². The van der Waals surface area contributed by atoms with E-state index in [0.717, 1.165) is 26.8 Å². The number of hydrogen-bond acceptors (Lipinski definition) is 9. The molecule has 0 fully saturated rings. The summed E-state index contributed by atoms with van der Waals surface area (Å²) < 4.78 is 6.08. The second-order valence-corrected chi connectivity index (χ2v) is 9.08. The molecule has 0 saturated heterocycles. The van der Waals surface area contributed by atoms with Crippen LogP contribution in [0.2, 0.25) is 0 Å². The minimum Gasteiger partial charge on any atom is -0.378 e. The highest BCUT2D eigenvalue weighted by Crippen LogP contribution is 2.26. The number of hydrogen-bond donors (Lipinski definition) is 2. The van der Waals surface area contributed by atoms with Gasteiger partial charge in [-0.2, -0.15) is 9.78 Å². The maximum Gasteiger partial charge on any atom is 0.293 e. The Bertz CT molecular complexity index is 1570. The largest absolute Gasteiger partial charge is 0.378 e. The van der Waals surface area contributed by atoms with E-state index in [1.807, 2.05) is 80.6 Å². The Morgan fingerprint density at radius 1 is 1.08 bits per heavy atom. The van der Waals surface area contributed by atoms with Crippen molar-refractivity contribution in [3.8, 4) is 5.82 Å². The van der Waals surface area contributed by atoms with Crippen LogP contribution in [0.1, 0.15) is 34.2 Å². The first kappa shape index (κ1) is 23.2. The third kappa shape index (κ3) is 4.68. The van der Waals surface area contributed by atoms with E-state index < -0.39 is 5.91 Å². The number of rotatable bonds is 7. The lowest BCUT2D eigenvalue weighted by molar-refractivity contribution is 0.0949. The zero-order valence-corrected chi connectivity index (χ0v) is 20.4. The number of nitrogens with zero attached hydrogens (tertiary/aromatic N) is 6. The summed E-state index contributed by atoms with van der Waals surface area (Å²) in [5.74, 6) is 0.0713. The molecule has 10 nitrogen and oxygen atoms in total. The SMILES string of the molecule is C/C(=N\NC(=O)c1nnn(-c2nonc2N)c1CSc1ccc(C)cc1)c1cccc2ccccc12. The maximum atomic E-state index is 13.2. The zero-order valence-electron chi connectivity index (χ0n) is 19.5. The average Bonchev–Trinajstić information content (AvgIpc) is 3.52. The molecule has 0 aliphatic carbocycles. The van der Waals surface area contributed by atoms with Gasteiger partial charge in [-0.3, -0.25) is 4.79 Å². The van der Waals surface area contributed by atoms with Crippen LogP contribution < -0.4 is 11.2 Å². The topological polar surface area (TPSA) is 137 Å². The van der Waals surface area contributed by atoms with E-state index >= 15 is 0 Å². The molecule has 3 N–H and O–H groups in total. The Labute approximate surface area is 210 Å². The van der Waals surface area contributed by atoms with Gasteiger partial charge in [0.05, 0.1) is 11.4 Å². The Kier molecular flexibility index (Phi) is 6.46. The predicted molar refractivity (Wildman–Crippen MR) is 138 cm³/mol. The molecule has 5 rings (SSSR count). The number of fused-ring (bicyclic) bond motifs is 1. The molecular formula is C25H22N8O2S. The van der Waals surface area contributed by atoms with Crippen LogP contribution in [0, 0.1) is 6.92 Å². The number of benzene rings is 3. The lowest BCUT2D eigenvalue weighted by atomic mass is 10.0. The highest BCUT2D eigenvalue weighted by molar-refractivity contribution is 7.98. The monoisotopic (exact) mass is 498 g/mol. The Hall–Kier alpha value is -4.51. The van der Waals surface area contributed by atoms with Gasteiger partial charge in [0.2, 0.25) is 11.6 Å². The van der Waals surface area contributed by atoms with Crippen LogP contribution in [0.3, 0.4) is 0 Å². The molecule has 180 valence electrons. The van der Waals surface area contributed by atoms with Gasteiger partial charge in [0.1, 0.15) is 0 Å². The Morgan fingerprint density at radius 3 is 2.64 bits per heavy atom. The van der Waals surface area contributed by atoms with Gasteiger partial charge in [0, 0.05) is 16.2 Å². The summed E-state index contributed by atoms with van der Waals surface area (Å²) in [5.41, 5.74) is 11.8. The number of nitrogens with two attached hydrogens (primary N) is 1. The number of nitrogens with one attached hydrogen (secondary N) is 1. The average molecular weight is 499 g/mol. The van der Waals surface area contributed by atoms with Crippen LogP contribution in [0.25, 0.3) is 16.6 Å². The molecule has 0 atom stereocenters. The molecule has 0 saturated carbocycles. The number of aryl methyl sites for hydroxylation is 1. The van der Waals surface area contributed by atoms with Gasteiger partial charge in [-0.1, -0.05) is 65.4 Å². The summed E-state index contributed by atoms with van der Waals surface area (Å²) in [5, 5.41) is 22.1. The first-order valence-corrected chi connectivity index (χ1v) is 12.0. The van der Waals surface area contributed by atoms with Crippen molar-refractivity contribution in [2.45, 2.75) is 24.5 Å². The minimum absolute atomic E-state index is 0.0401. The Morgan fingerprint density at radius 2 is 1.86 bits per heavy atom. The van der Waals surface area contributed by atoms with Crippen LogP contribution in [-0.2, 0) is 5.75 Å². The molecule has 0 spiro atoms. The third-order valence-corrected chi connectivity index (χ3v) is 6.60. The number of carbonyl (C=O) groups excluding carboxylic acids is 1. The van der Waals surface area contributed by atoms with E-state index in [-0.39, 0.29) is 17.3 Å². The van der Waals surface area contributed by atoms with E-state index in [4.69, 9.17) is 10.4 Å². The molecule has 3 aromatic carbocycles. The van der Waals surface area contributed by atoms with Crippen molar-refractivity contribution in [1.82, 2.24) is 30.7 Å². The molecule has 36 heavy (non-hydrogen) atoms. The second kappa shape index (κ2) is 10.0. The lowest BCUT2D eigenvalue weighted by Crippen LogP contribution is -2.21. The summed E-state index contributed by atoms with van der Waals surface area (Å²) in [7, 11) is 0. The van der Waals surface area contributed by atoms with Crippen molar-refractivity contribution < 1.29 is 9.42 Å². The molecule has 0 aliphatic rings. The minimum atomic E-state index is -0.504. The molecule has 1 amide bonds. The summed E-state index contributed by atoms with van der Waals surface area (Å²) in [6, 6.07) is 22.0. The third-order valence-electron chi connectivity index (χ3n) is 5.58. The van der Waals surface area contributed by atoms with E-state index in [0.29, 0.717) is 17.2 Å². The number of anilines is 1. The summed E-state index contributed by atoms with van der Waals surface area (Å²) in [6.07, 6.45) is 0. The van der Waals surface area contributed by atoms with Gasteiger partial charge < -0.3 is 5.73 Å². The fourth-order valence-electron chi connectivity index (χ4n) is 3.69. The molecular weight excluding hydrogens is 476 g/mol. The van der Waals surface area contributed by atoms with Gasteiger partial charge in [-0.05, 0) is 47.1 Å². The number of aromatic nitrogens is 5. The van der Waals surface area contributed by atoms with Crippen molar-refractivity contribution in [3.05, 3.63) is 89.2 Å². The summed E-state index contributed by atoms with van der Waals surface area (Å²) in [4.78, 5) is 14.2. The normalized spacial score (nSPS) is 11.7. The van der Waals surface area contributed by atoms with Crippen molar-refractivity contribution in [2.24, 2.45) is 5.10 Å². The standard InChI is InChI=1S/C25H22N8O2S/c1-15-10-12-18(13-11-15)36-14-21-22(28-32-33(21)24-23(26)30-35-31-24)25(34)29-27-16(2)19-9-5-7-17-6-3-4-8-20(17)19/h3-13H,14H2,1-2H3,(H2,26,30)(H,29,34)/b27-16+. The molecule has 0 aliphatic heterocycles. The Balaban J connectivity index is 1.43. The van der Waals surface area contributed by atoms with Gasteiger partial charge in [-0.25, -0.2) is 10.1 Å². The number of carbonyl (C=O) groups is 1. The second-order valence-electron chi connectivity index (χ2n) is 8.04. The lowest BCUT2D eigenvalue weighted by Gasteiger charge is -2.08. The van der Waals surface area contributed by atoms with Gasteiger partial charge in [-0.15, -0.1) is 16.9 Å². The molecule has 5 aromatic rings. The number of hydrazone groups is 1. The zero-order chi connectivity index (χ0) is 25.1. The van der Waals surface area contributed by atoms with Crippen LogP contribution in [-0.4, -0.2) is 36.9 Å². The van der Waals surface area contributed by atoms with Crippen molar-refractivity contribution in [1.29, 1.82) is 0 Å². The molecule has 0 bridgehead atoms. The number of nitrogen functional groups attached to an aromatic ring is 1. The molecule has 0 radical (unpaired) electrons. The molecule has 11 heteroatoms. The fourth-order valence-corrected chi connectivity index (χ4v) is 4.58. The number of amides is 1. The summed E-state index contributed by atoms with van der Waals surface area (Å²) >= 11 is 1.52. The fraction of sp³-hybridized carbons (Fsp3) is 0.120. The van der Waals surface area contributed by atoms with E-state index in [1.165, 1.54) is 16.4 Å². The maximum absolute atomic E-state index is 13.2. The van der Waals surface area contributed by atoms with Crippen molar-refractivity contribution >= 4 is 40.0 Å². The van der Waals surface area contributed by atoms with Crippen LogP contribution in [0.5, 0.6) is 0 Å². The first-order chi connectivity index (χ1) is 17.5. The van der Waals surface area contributed by atoms with Gasteiger partial charge >= 0.3 is 0 Å². The molecule has 0 unspecified atom stereocenters. The van der Waals surface area contributed by atoms with Crippen LogP contribution in [0.15, 0.2) is 81.4 Å². The van der Waals surface area contributed by atoms with E-state index in [9.17, 15) is 4.79 Å². The van der Waals surface area contributed by atoms with Gasteiger partial charge in [0.15, 0.2) is 5.69 Å². The van der Waals surface area contributed by atoms with Crippen molar-refractivity contribution in [3.63, 3.8) is 0 Å².